The highest BCUT2D eigenvalue weighted by atomic mass is 32.1. The summed E-state index contributed by atoms with van der Waals surface area (Å²) < 4.78 is 0. The first kappa shape index (κ1) is 12.7. The van der Waals surface area contributed by atoms with Crippen LogP contribution in [0.1, 0.15) is 5.56 Å². The number of nitrogens with one attached hydrogen (secondary N) is 1. The number of nitrogens with two attached hydrogens (primary N) is 1. The molecule has 0 atom stereocenters. The lowest BCUT2D eigenvalue weighted by Crippen LogP contribution is -1.94. The van der Waals surface area contributed by atoms with Crippen LogP contribution in [0.5, 0.6) is 0 Å². The Bertz CT molecular complexity index is 678. The van der Waals surface area contributed by atoms with Gasteiger partial charge in [0.2, 0.25) is 5.95 Å². The Hall–Kier alpha value is -2.31. The van der Waals surface area contributed by atoms with Crippen molar-refractivity contribution in [3.05, 3.63) is 54.5 Å². The third-order valence-corrected chi connectivity index (χ3v) is 3.73. The van der Waals surface area contributed by atoms with E-state index in [9.17, 15) is 0 Å². The maximum absolute atomic E-state index is 5.59. The average Bonchev–Trinajstić information content (AvgIpc) is 2.97. The zero-order chi connectivity index (χ0) is 13.8. The highest BCUT2D eigenvalue weighted by Gasteiger charge is 2.05. The number of nitrogens with zero attached hydrogens (tertiary/aromatic N) is 3. The summed E-state index contributed by atoms with van der Waals surface area (Å²) in [5.41, 5.74) is 7.84. The molecule has 0 radical (unpaired) electrons. The van der Waals surface area contributed by atoms with E-state index in [4.69, 9.17) is 5.73 Å². The number of anilines is 2. The molecule has 1 aromatic carbocycles. The van der Waals surface area contributed by atoms with Crippen LogP contribution < -0.4 is 11.1 Å². The molecule has 0 saturated carbocycles. The van der Waals surface area contributed by atoms with Gasteiger partial charge >= 0.3 is 0 Å². The molecule has 2 aromatic heterocycles. The number of thiazole rings is 1. The molecule has 0 aliphatic heterocycles. The van der Waals surface area contributed by atoms with E-state index in [0.717, 1.165) is 21.1 Å². The van der Waals surface area contributed by atoms with E-state index in [-0.39, 0.29) is 0 Å². The molecular weight excluding hydrogens is 270 g/mol. The fraction of sp³-hybridized carbons (Fsp3) is 0.0714. The van der Waals surface area contributed by atoms with Crippen LogP contribution in [0.25, 0.3) is 10.4 Å². The first-order chi connectivity index (χ1) is 9.85. The lowest BCUT2D eigenvalue weighted by atomic mass is 10.1. The smallest absolute Gasteiger partial charge is 0.228 e. The highest BCUT2D eigenvalue weighted by Crippen LogP contribution is 2.29. The van der Waals surface area contributed by atoms with Crippen molar-refractivity contribution in [3.63, 3.8) is 0 Å². The molecular formula is C14H13N5S. The molecule has 0 unspecified atom stereocenters. The number of hydrogen-bond donors (Lipinski definition) is 2. The number of aromatic nitrogens is 3. The number of hydrogen-bond acceptors (Lipinski definition) is 6. The van der Waals surface area contributed by atoms with Crippen molar-refractivity contribution in [2.45, 2.75) is 6.54 Å². The Morgan fingerprint density at radius 1 is 1.05 bits per heavy atom. The van der Waals surface area contributed by atoms with E-state index in [0.29, 0.717) is 12.5 Å². The lowest BCUT2D eigenvalue weighted by molar-refractivity contribution is 1.07. The van der Waals surface area contributed by atoms with Gasteiger partial charge in [0.25, 0.3) is 0 Å². The van der Waals surface area contributed by atoms with Gasteiger partial charge in [0.15, 0.2) is 5.13 Å². The summed E-state index contributed by atoms with van der Waals surface area (Å²) in [5, 5.41) is 3.85. The van der Waals surface area contributed by atoms with E-state index in [1.807, 2.05) is 18.3 Å². The van der Waals surface area contributed by atoms with Crippen LogP contribution in [-0.2, 0) is 6.54 Å². The lowest BCUT2D eigenvalue weighted by Gasteiger charge is -1.99. The molecule has 0 saturated heterocycles. The second-order valence-corrected chi connectivity index (χ2v) is 5.16. The molecule has 3 aromatic rings. The van der Waals surface area contributed by atoms with Gasteiger partial charge in [-0.05, 0) is 17.2 Å². The average molecular weight is 283 g/mol. The first-order valence-corrected chi connectivity index (χ1v) is 6.96. The van der Waals surface area contributed by atoms with Crippen molar-refractivity contribution in [2.75, 3.05) is 5.32 Å². The quantitative estimate of drug-likeness (QED) is 0.770. The van der Waals surface area contributed by atoms with Crippen molar-refractivity contribution in [1.29, 1.82) is 0 Å². The summed E-state index contributed by atoms with van der Waals surface area (Å²) in [4.78, 5) is 13.6. The van der Waals surface area contributed by atoms with Crippen LogP contribution in [0.15, 0.2) is 48.9 Å². The van der Waals surface area contributed by atoms with Gasteiger partial charge in [-0.1, -0.05) is 35.6 Å². The Morgan fingerprint density at radius 2 is 1.80 bits per heavy atom. The number of benzene rings is 1. The van der Waals surface area contributed by atoms with Gasteiger partial charge in [0.05, 0.1) is 4.88 Å². The molecule has 6 heteroatoms. The summed E-state index contributed by atoms with van der Waals surface area (Å²) in [5.74, 6) is 0.548. The monoisotopic (exact) mass is 283 g/mol. The van der Waals surface area contributed by atoms with Crippen molar-refractivity contribution in [2.24, 2.45) is 5.73 Å². The molecule has 0 aliphatic carbocycles. The number of rotatable bonds is 4. The fourth-order valence-electron chi connectivity index (χ4n) is 1.73. The van der Waals surface area contributed by atoms with E-state index >= 15 is 0 Å². The summed E-state index contributed by atoms with van der Waals surface area (Å²) in [6, 6.07) is 9.94. The maximum Gasteiger partial charge on any atom is 0.228 e. The molecule has 100 valence electrons. The minimum atomic E-state index is 0.548. The van der Waals surface area contributed by atoms with Gasteiger partial charge < -0.3 is 11.1 Å². The third-order valence-electron chi connectivity index (χ3n) is 2.76. The van der Waals surface area contributed by atoms with Gasteiger partial charge in [0, 0.05) is 25.1 Å². The summed E-state index contributed by atoms with van der Waals surface area (Å²) in [6.45, 7) is 0.557. The molecule has 0 aliphatic rings. The molecule has 0 bridgehead atoms. The first-order valence-electron chi connectivity index (χ1n) is 6.14. The van der Waals surface area contributed by atoms with Crippen LogP contribution in [0.3, 0.4) is 0 Å². The van der Waals surface area contributed by atoms with Gasteiger partial charge in [-0.2, -0.15) is 0 Å². The fourth-order valence-corrected chi connectivity index (χ4v) is 2.55. The molecule has 3 N–H and O–H groups in total. The van der Waals surface area contributed by atoms with E-state index in [1.165, 1.54) is 0 Å². The minimum absolute atomic E-state index is 0.548. The van der Waals surface area contributed by atoms with Gasteiger partial charge in [-0.3, -0.25) is 0 Å². The predicted molar refractivity (Wildman–Crippen MR) is 80.8 cm³/mol. The Kier molecular flexibility index (Phi) is 3.67. The Balaban J connectivity index is 1.79. The van der Waals surface area contributed by atoms with Crippen LogP contribution >= 0.6 is 11.3 Å². The Morgan fingerprint density at radius 3 is 2.50 bits per heavy atom. The molecule has 0 spiro atoms. The zero-order valence-corrected chi connectivity index (χ0v) is 11.5. The van der Waals surface area contributed by atoms with Crippen molar-refractivity contribution in [1.82, 2.24) is 15.0 Å². The van der Waals surface area contributed by atoms with Gasteiger partial charge in [-0.25, -0.2) is 15.0 Å². The van der Waals surface area contributed by atoms with E-state index in [2.05, 4.69) is 32.4 Å². The van der Waals surface area contributed by atoms with E-state index in [1.54, 1.807) is 29.8 Å². The second kappa shape index (κ2) is 5.77. The van der Waals surface area contributed by atoms with Crippen LogP contribution in [0.4, 0.5) is 11.1 Å². The van der Waals surface area contributed by atoms with Crippen LogP contribution in [0.2, 0.25) is 0 Å². The predicted octanol–water partition coefficient (Wildman–Crippen LogP) is 2.80. The normalized spacial score (nSPS) is 10.4. The van der Waals surface area contributed by atoms with E-state index < -0.39 is 0 Å². The molecule has 5 nitrogen and oxygen atoms in total. The van der Waals surface area contributed by atoms with Crippen LogP contribution in [0, 0.1) is 0 Å². The standard InChI is InChI=1S/C14H13N5S/c15-8-10-2-4-11(5-3-10)12-9-18-14(20-12)19-13-16-6-1-7-17-13/h1-7,9H,8,15H2,(H,16,17,18,19). The summed E-state index contributed by atoms with van der Waals surface area (Å²) in [7, 11) is 0. The molecule has 0 fully saturated rings. The van der Waals surface area contributed by atoms with Crippen molar-refractivity contribution in [3.8, 4) is 10.4 Å². The second-order valence-electron chi connectivity index (χ2n) is 4.13. The molecule has 2 heterocycles. The summed E-state index contributed by atoms with van der Waals surface area (Å²) in [6.07, 6.45) is 5.22. The van der Waals surface area contributed by atoms with Crippen molar-refractivity contribution < 1.29 is 0 Å². The highest BCUT2D eigenvalue weighted by molar-refractivity contribution is 7.18. The minimum Gasteiger partial charge on any atom is -0.326 e. The molecule has 3 rings (SSSR count). The molecule has 0 amide bonds. The zero-order valence-electron chi connectivity index (χ0n) is 10.7. The van der Waals surface area contributed by atoms with Crippen molar-refractivity contribution >= 4 is 22.4 Å². The largest absolute Gasteiger partial charge is 0.326 e. The van der Waals surface area contributed by atoms with Crippen LogP contribution in [-0.4, -0.2) is 15.0 Å². The maximum atomic E-state index is 5.59. The SMILES string of the molecule is NCc1ccc(-c2cnc(Nc3ncccn3)s2)cc1. The molecule has 20 heavy (non-hydrogen) atoms. The third kappa shape index (κ3) is 2.81. The van der Waals surface area contributed by atoms with Gasteiger partial charge in [-0.15, -0.1) is 0 Å². The Labute approximate surface area is 120 Å². The topological polar surface area (TPSA) is 76.7 Å². The van der Waals surface area contributed by atoms with Gasteiger partial charge in [0.1, 0.15) is 0 Å². The summed E-state index contributed by atoms with van der Waals surface area (Å²) >= 11 is 1.56.